The van der Waals surface area contributed by atoms with Crippen molar-refractivity contribution in [1.29, 1.82) is 0 Å². The van der Waals surface area contributed by atoms with Crippen LogP contribution in [-0.2, 0) is 10.8 Å². The molecule has 2 heterocycles. The molecule has 0 N–H and O–H groups in total. The van der Waals surface area contributed by atoms with Gasteiger partial charge in [0.2, 0.25) is 0 Å². The Kier molecular flexibility index (Phi) is 12.2. The van der Waals surface area contributed by atoms with E-state index in [1.54, 1.807) is 0 Å². The zero-order chi connectivity index (χ0) is 61.4. The lowest BCUT2D eigenvalue weighted by atomic mass is 9.82. The molecule has 92 heavy (non-hydrogen) atoms. The van der Waals surface area contributed by atoms with E-state index in [9.17, 15) is 0 Å². The molecule has 3 aliphatic rings. The molecular formula is C90H66N2. The Bertz CT molecular complexity index is 5550. The predicted octanol–water partition coefficient (Wildman–Crippen LogP) is 24.2. The summed E-state index contributed by atoms with van der Waals surface area (Å²) in [5, 5.41) is 4.97. The summed E-state index contributed by atoms with van der Waals surface area (Å²) in [6, 6.07) is 108. The number of nitrogens with zero attached hydrogens (tertiary/aromatic N) is 2. The van der Waals surface area contributed by atoms with Crippen molar-refractivity contribution >= 4 is 49.2 Å². The fourth-order valence-electron chi connectivity index (χ4n) is 16.0. The van der Waals surface area contributed by atoms with Crippen molar-refractivity contribution in [1.82, 2.24) is 9.13 Å². The van der Waals surface area contributed by atoms with Gasteiger partial charge in [0.15, 0.2) is 0 Å². The second-order valence-electron chi connectivity index (χ2n) is 26.8. The lowest BCUT2D eigenvalue weighted by Crippen LogP contribution is -2.14. The maximum atomic E-state index is 2.54. The molecule has 3 aliphatic carbocycles. The van der Waals surface area contributed by atoms with Gasteiger partial charge in [0, 0.05) is 43.7 Å². The fraction of sp³-hybridized carbons (Fsp3) is 0.0889. The summed E-state index contributed by atoms with van der Waals surface area (Å²) in [5.74, 6) is 0. The number of hydrogen-bond donors (Lipinski definition) is 0. The van der Waals surface area contributed by atoms with E-state index in [2.05, 4.69) is 340 Å². The van der Waals surface area contributed by atoms with Crippen LogP contribution in [0.4, 0.5) is 0 Å². The minimum absolute atomic E-state index is 0.168. The van der Waals surface area contributed by atoms with Crippen molar-refractivity contribution in [3.05, 3.63) is 331 Å². The summed E-state index contributed by atoms with van der Waals surface area (Å²) in [4.78, 5) is 0. The number of hydrogen-bond acceptors (Lipinski definition) is 0. The lowest BCUT2D eigenvalue weighted by molar-refractivity contribution is 0.661. The minimum atomic E-state index is -0.171. The Morgan fingerprint density at radius 3 is 1.05 bits per heavy atom. The van der Waals surface area contributed by atoms with Gasteiger partial charge in [-0.15, -0.1) is 0 Å². The quantitative estimate of drug-likeness (QED) is 0.136. The average molecular weight is 1180 g/mol. The van der Waals surface area contributed by atoms with Crippen molar-refractivity contribution in [3.8, 4) is 100 Å². The third kappa shape index (κ3) is 8.54. The molecule has 0 radical (unpaired) electrons. The van der Waals surface area contributed by atoms with Crippen LogP contribution in [0.2, 0.25) is 0 Å². The van der Waals surface area contributed by atoms with Gasteiger partial charge in [0.05, 0.1) is 22.1 Å². The molecule has 2 nitrogen and oxygen atoms in total. The van der Waals surface area contributed by atoms with Crippen molar-refractivity contribution in [2.75, 3.05) is 0 Å². The number of rotatable bonds is 9. The molecule has 2 aromatic heterocycles. The van der Waals surface area contributed by atoms with Gasteiger partial charge in [-0.05, 0) is 244 Å². The van der Waals surface area contributed by atoms with Gasteiger partial charge >= 0.3 is 0 Å². The Labute approximate surface area is 538 Å². The molecule has 0 amide bonds. The summed E-state index contributed by atoms with van der Waals surface area (Å²) in [7, 11) is 0. The molecular weight excluding hydrogens is 1110 g/mol. The summed E-state index contributed by atoms with van der Waals surface area (Å²) < 4.78 is 5.07. The molecule has 0 unspecified atom stereocenters. The molecule has 2 heteroatoms. The van der Waals surface area contributed by atoms with E-state index >= 15 is 0 Å². The van der Waals surface area contributed by atoms with Gasteiger partial charge in [-0.25, -0.2) is 0 Å². The predicted molar refractivity (Wildman–Crippen MR) is 389 cm³/mol. The molecule has 436 valence electrons. The normalized spacial score (nSPS) is 14.2. The van der Waals surface area contributed by atoms with E-state index in [4.69, 9.17) is 0 Å². The summed E-state index contributed by atoms with van der Waals surface area (Å²) >= 11 is 0. The highest BCUT2D eigenvalue weighted by Gasteiger charge is 2.38. The highest BCUT2D eigenvalue weighted by Crippen LogP contribution is 2.54. The Morgan fingerprint density at radius 2 is 0.630 bits per heavy atom. The first-order chi connectivity index (χ1) is 45.1. The van der Waals surface area contributed by atoms with E-state index in [1.165, 1.54) is 166 Å². The van der Waals surface area contributed by atoms with Crippen LogP contribution in [0.15, 0.2) is 303 Å². The van der Waals surface area contributed by atoms with Gasteiger partial charge in [-0.1, -0.05) is 222 Å². The van der Waals surface area contributed by atoms with Crippen molar-refractivity contribution in [2.24, 2.45) is 0 Å². The maximum absolute atomic E-state index is 2.54. The van der Waals surface area contributed by atoms with E-state index in [1.807, 2.05) is 0 Å². The van der Waals surface area contributed by atoms with Crippen LogP contribution in [0.5, 0.6) is 0 Å². The first kappa shape index (κ1) is 53.9. The number of allylic oxidation sites excluding steroid dienone is 4. The first-order valence-corrected chi connectivity index (χ1v) is 32.6. The van der Waals surface area contributed by atoms with Crippen LogP contribution < -0.4 is 0 Å². The maximum Gasteiger partial charge on any atom is 0.0544 e. The molecule has 0 saturated heterocycles. The standard InChI is InChI=1S/C90H66N2/c1-89(2)81-37-19-17-35-73(81)75-53-79-77-51-63(39-41-85(77)91(87(79)55-83(75)89)71-33-21-31-61(49-71)69-45-65(57-23-9-5-10-24-57)43-66(46-69)58-25-11-6-12-26-58)64-40-42-86-78(52-64)80-54-76-74-36-18-20-38-82(74)90(3,4)84(76)56-88(80)92(86)72-34-22-32-62(50-72)70-47-67(59-27-13-7-14-28-59)44-68(48-70)60-29-15-8-16-30-60/h5-15,17-29,31-56H,16,30H2,1-4H3. The van der Waals surface area contributed by atoms with E-state index in [-0.39, 0.29) is 10.8 Å². The van der Waals surface area contributed by atoms with Gasteiger partial charge in [0.1, 0.15) is 0 Å². The highest BCUT2D eigenvalue weighted by atomic mass is 15.0. The number of aromatic nitrogens is 2. The molecule has 0 bridgehead atoms. The Balaban J connectivity index is 0.822. The fourth-order valence-corrected chi connectivity index (χ4v) is 16.0. The third-order valence-electron chi connectivity index (χ3n) is 20.7. The Morgan fingerprint density at radius 1 is 0.261 bits per heavy atom. The van der Waals surface area contributed by atoms with Crippen LogP contribution in [0.3, 0.4) is 0 Å². The minimum Gasteiger partial charge on any atom is -0.309 e. The molecule has 15 aromatic rings. The van der Waals surface area contributed by atoms with Gasteiger partial charge in [-0.2, -0.15) is 0 Å². The van der Waals surface area contributed by atoms with E-state index in [0.717, 1.165) is 24.2 Å². The van der Waals surface area contributed by atoms with E-state index in [0.29, 0.717) is 0 Å². The zero-order valence-corrected chi connectivity index (χ0v) is 52.2. The second-order valence-corrected chi connectivity index (χ2v) is 26.8. The average Bonchev–Trinajstić information content (AvgIpc) is 1.59. The number of benzene rings is 13. The molecule has 13 aromatic carbocycles. The smallest absolute Gasteiger partial charge is 0.0544 e. The van der Waals surface area contributed by atoms with Crippen molar-refractivity contribution < 1.29 is 0 Å². The van der Waals surface area contributed by atoms with Crippen LogP contribution in [-0.4, -0.2) is 9.13 Å². The second kappa shape index (κ2) is 20.8. The monoisotopic (exact) mass is 1170 g/mol. The highest BCUT2D eigenvalue weighted by molar-refractivity contribution is 6.15. The van der Waals surface area contributed by atoms with Gasteiger partial charge < -0.3 is 9.13 Å². The van der Waals surface area contributed by atoms with Crippen LogP contribution >= 0.6 is 0 Å². The molecule has 0 aliphatic heterocycles. The Hall–Kier alpha value is -11.1. The van der Waals surface area contributed by atoms with E-state index < -0.39 is 0 Å². The largest absolute Gasteiger partial charge is 0.309 e. The van der Waals surface area contributed by atoms with Crippen molar-refractivity contribution in [3.63, 3.8) is 0 Å². The molecule has 0 saturated carbocycles. The summed E-state index contributed by atoms with van der Waals surface area (Å²) in [6.07, 6.45) is 8.88. The summed E-state index contributed by atoms with van der Waals surface area (Å²) in [5.41, 5.74) is 34.6. The molecule has 18 rings (SSSR count). The van der Waals surface area contributed by atoms with Gasteiger partial charge in [-0.3, -0.25) is 0 Å². The first-order valence-electron chi connectivity index (χ1n) is 32.6. The molecule has 0 spiro atoms. The molecule has 0 fully saturated rings. The topological polar surface area (TPSA) is 9.86 Å². The summed E-state index contributed by atoms with van der Waals surface area (Å²) in [6.45, 7) is 9.58. The lowest BCUT2D eigenvalue weighted by Gasteiger charge is -2.21. The van der Waals surface area contributed by atoms with Crippen LogP contribution in [0, 0.1) is 0 Å². The number of fused-ring (bicyclic) bond motifs is 12. The van der Waals surface area contributed by atoms with Crippen LogP contribution in [0.1, 0.15) is 68.4 Å². The molecule has 0 atom stereocenters. The zero-order valence-electron chi connectivity index (χ0n) is 52.2. The SMILES string of the molecule is CC1(C)c2ccccc2-c2cc3c4cc(-c5ccc6c(c5)c5cc7c(cc5n6-c5cccc(-c6cc(-c8ccccc8)cc(-c8ccccc8)c6)c5)C(C)(C)c5ccccc5-7)ccc4n(-c4cccc(-c5cc(C6=CC=CCC6)cc(-c6ccccc6)c5)c4)c3cc21. The van der Waals surface area contributed by atoms with Gasteiger partial charge in [0.25, 0.3) is 0 Å². The third-order valence-corrected chi connectivity index (χ3v) is 20.7. The van der Waals surface area contributed by atoms with Crippen molar-refractivity contribution in [2.45, 2.75) is 51.4 Å². The van der Waals surface area contributed by atoms with Crippen LogP contribution in [0.25, 0.3) is 150 Å².